The van der Waals surface area contributed by atoms with Crippen LogP contribution in [0.1, 0.15) is 21.9 Å². The lowest BCUT2D eigenvalue weighted by atomic mass is 10.2. The molecule has 3 aromatic rings. The Morgan fingerprint density at radius 1 is 1.36 bits per heavy atom. The zero-order valence-electron chi connectivity index (χ0n) is 15.0. The predicted molar refractivity (Wildman–Crippen MR) is 111 cm³/mol. The highest BCUT2D eigenvalue weighted by molar-refractivity contribution is 9.10. The molecule has 1 amide bonds. The maximum absolute atomic E-state index is 12.9. The summed E-state index contributed by atoms with van der Waals surface area (Å²) in [6.07, 6.45) is 8.25. The van der Waals surface area contributed by atoms with E-state index in [2.05, 4.69) is 42.2 Å². The third kappa shape index (κ3) is 3.36. The van der Waals surface area contributed by atoms with Gasteiger partial charge in [-0.2, -0.15) is 5.10 Å². The van der Waals surface area contributed by atoms with E-state index in [1.807, 2.05) is 12.1 Å². The van der Waals surface area contributed by atoms with Crippen molar-refractivity contribution in [2.45, 2.75) is 13.1 Å². The molecule has 0 atom stereocenters. The van der Waals surface area contributed by atoms with Gasteiger partial charge in [0.25, 0.3) is 5.91 Å². The Morgan fingerprint density at radius 2 is 2.21 bits per heavy atom. The molecule has 4 heterocycles. The van der Waals surface area contributed by atoms with Crippen LogP contribution in [0.3, 0.4) is 0 Å². The SMILES string of the molecule is C=CN=C/C=C(\N)c1ccc2n1CCN(C(=O)c1cc3ncc(Br)cn3n1)C2. The first-order valence-corrected chi connectivity index (χ1v) is 9.45. The molecule has 2 N–H and O–H groups in total. The van der Waals surface area contributed by atoms with Gasteiger partial charge in [-0.3, -0.25) is 9.79 Å². The van der Waals surface area contributed by atoms with Gasteiger partial charge in [-0.1, -0.05) is 6.58 Å². The van der Waals surface area contributed by atoms with E-state index in [4.69, 9.17) is 5.73 Å². The molecule has 142 valence electrons. The lowest BCUT2D eigenvalue weighted by Crippen LogP contribution is -2.38. The number of aliphatic imine (C=N–C) groups is 1. The highest BCUT2D eigenvalue weighted by Crippen LogP contribution is 2.22. The number of carbonyl (C=O) groups is 1. The standard InChI is InChI=1S/C19H18BrN7O/c1-2-22-6-5-15(21)17-4-3-14-12-25(7-8-26(14)17)19(28)16-9-18-23-10-13(20)11-27(18)24-16/h2-6,9-11H,1,7-8,12,21H2/b15-5-,22-6?. The molecule has 0 radical (unpaired) electrons. The van der Waals surface area contributed by atoms with E-state index in [0.717, 1.165) is 15.9 Å². The van der Waals surface area contributed by atoms with E-state index in [1.54, 1.807) is 40.2 Å². The van der Waals surface area contributed by atoms with Gasteiger partial charge in [-0.25, -0.2) is 9.50 Å². The molecule has 0 aromatic carbocycles. The predicted octanol–water partition coefficient (Wildman–Crippen LogP) is 2.46. The Labute approximate surface area is 169 Å². The molecule has 8 nitrogen and oxygen atoms in total. The van der Waals surface area contributed by atoms with Gasteiger partial charge in [0.05, 0.1) is 22.4 Å². The van der Waals surface area contributed by atoms with Crippen LogP contribution in [0.2, 0.25) is 0 Å². The van der Waals surface area contributed by atoms with E-state index in [1.165, 1.54) is 6.20 Å². The second kappa shape index (κ2) is 7.43. The van der Waals surface area contributed by atoms with Crippen molar-refractivity contribution in [2.24, 2.45) is 10.7 Å². The number of aromatic nitrogens is 4. The van der Waals surface area contributed by atoms with Crippen LogP contribution in [0.25, 0.3) is 11.3 Å². The maximum Gasteiger partial charge on any atom is 0.274 e. The van der Waals surface area contributed by atoms with Gasteiger partial charge in [-0.15, -0.1) is 0 Å². The summed E-state index contributed by atoms with van der Waals surface area (Å²) in [7, 11) is 0. The zero-order valence-corrected chi connectivity index (χ0v) is 16.6. The van der Waals surface area contributed by atoms with Crippen molar-refractivity contribution in [3.63, 3.8) is 0 Å². The first-order valence-electron chi connectivity index (χ1n) is 8.65. The number of rotatable bonds is 4. The smallest absolute Gasteiger partial charge is 0.274 e. The summed E-state index contributed by atoms with van der Waals surface area (Å²) < 4.78 is 4.52. The van der Waals surface area contributed by atoms with E-state index in [0.29, 0.717) is 36.7 Å². The van der Waals surface area contributed by atoms with Crippen LogP contribution < -0.4 is 5.73 Å². The van der Waals surface area contributed by atoms with Gasteiger partial charge >= 0.3 is 0 Å². The Morgan fingerprint density at radius 3 is 3.04 bits per heavy atom. The van der Waals surface area contributed by atoms with Crippen molar-refractivity contribution in [1.29, 1.82) is 0 Å². The van der Waals surface area contributed by atoms with Gasteiger partial charge in [0.15, 0.2) is 11.3 Å². The van der Waals surface area contributed by atoms with Crippen LogP contribution >= 0.6 is 15.9 Å². The molecule has 0 saturated heterocycles. The third-order valence-electron chi connectivity index (χ3n) is 4.55. The molecule has 9 heteroatoms. The average molecular weight is 440 g/mol. The van der Waals surface area contributed by atoms with E-state index < -0.39 is 0 Å². The first kappa shape index (κ1) is 18.2. The Hall–Kier alpha value is -3.20. The molecular formula is C19H18BrN7O. The van der Waals surface area contributed by atoms with Crippen molar-refractivity contribution < 1.29 is 4.79 Å². The van der Waals surface area contributed by atoms with Crippen molar-refractivity contribution in [3.8, 4) is 0 Å². The number of nitrogens with two attached hydrogens (primary N) is 1. The quantitative estimate of drug-likeness (QED) is 0.631. The van der Waals surface area contributed by atoms with Gasteiger partial charge in [0.1, 0.15) is 0 Å². The summed E-state index contributed by atoms with van der Waals surface area (Å²) >= 11 is 3.36. The number of carbonyl (C=O) groups excluding carboxylic acids is 1. The highest BCUT2D eigenvalue weighted by Gasteiger charge is 2.25. The zero-order chi connectivity index (χ0) is 19.7. The second-order valence-electron chi connectivity index (χ2n) is 6.30. The fraction of sp³-hybridized carbons (Fsp3) is 0.158. The average Bonchev–Trinajstić information content (AvgIpc) is 3.30. The van der Waals surface area contributed by atoms with Crippen LogP contribution in [0.5, 0.6) is 0 Å². The van der Waals surface area contributed by atoms with Crippen molar-refractivity contribution in [1.82, 2.24) is 24.1 Å². The minimum absolute atomic E-state index is 0.114. The fourth-order valence-corrected chi connectivity index (χ4v) is 3.52. The number of fused-ring (bicyclic) bond motifs is 2. The summed E-state index contributed by atoms with van der Waals surface area (Å²) in [5.41, 5.74) is 9.73. The second-order valence-corrected chi connectivity index (χ2v) is 7.21. The minimum atomic E-state index is -0.114. The Kier molecular flexibility index (Phi) is 4.82. The topological polar surface area (TPSA) is 93.8 Å². The molecular weight excluding hydrogens is 422 g/mol. The number of hydrogen-bond donors (Lipinski definition) is 1. The molecule has 28 heavy (non-hydrogen) atoms. The van der Waals surface area contributed by atoms with Gasteiger partial charge < -0.3 is 15.2 Å². The summed E-state index contributed by atoms with van der Waals surface area (Å²) in [5.74, 6) is -0.114. The molecule has 0 bridgehead atoms. The van der Waals surface area contributed by atoms with Crippen LogP contribution in [-0.4, -0.2) is 42.7 Å². The van der Waals surface area contributed by atoms with Crippen molar-refractivity contribution in [3.05, 3.63) is 71.0 Å². The maximum atomic E-state index is 12.9. The molecule has 1 aliphatic heterocycles. The highest BCUT2D eigenvalue weighted by atomic mass is 79.9. The monoisotopic (exact) mass is 439 g/mol. The molecule has 4 rings (SSSR count). The van der Waals surface area contributed by atoms with Crippen molar-refractivity contribution in [2.75, 3.05) is 6.54 Å². The number of nitrogens with zero attached hydrogens (tertiary/aromatic N) is 6. The van der Waals surface area contributed by atoms with Gasteiger partial charge in [0.2, 0.25) is 0 Å². The number of allylic oxidation sites excluding steroid dienone is 1. The van der Waals surface area contributed by atoms with E-state index in [9.17, 15) is 4.79 Å². The summed E-state index contributed by atoms with van der Waals surface area (Å²) in [5, 5.41) is 4.35. The number of halogens is 1. The van der Waals surface area contributed by atoms with Crippen LogP contribution in [0, 0.1) is 0 Å². The van der Waals surface area contributed by atoms with Crippen LogP contribution in [0.15, 0.2) is 58.9 Å². The molecule has 0 fully saturated rings. The van der Waals surface area contributed by atoms with E-state index >= 15 is 0 Å². The van der Waals surface area contributed by atoms with Crippen LogP contribution in [0.4, 0.5) is 0 Å². The molecule has 0 saturated carbocycles. The number of amides is 1. The largest absolute Gasteiger partial charge is 0.397 e. The van der Waals surface area contributed by atoms with E-state index in [-0.39, 0.29) is 5.91 Å². The molecule has 3 aromatic heterocycles. The summed E-state index contributed by atoms with van der Waals surface area (Å²) in [4.78, 5) is 22.9. The summed E-state index contributed by atoms with van der Waals surface area (Å²) in [6.45, 7) is 5.27. The molecule has 0 unspecified atom stereocenters. The lowest BCUT2D eigenvalue weighted by Gasteiger charge is -2.29. The van der Waals surface area contributed by atoms with Gasteiger partial charge in [0, 0.05) is 49.7 Å². The number of hydrogen-bond acceptors (Lipinski definition) is 5. The first-order chi connectivity index (χ1) is 13.6. The normalized spacial score (nSPS) is 14.6. The molecule has 1 aliphatic rings. The van der Waals surface area contributed by atoms with Crippen LogP contribution in [-0.2, 0) is 13.1 Å². The Balaban J connectivity index is 1.55. The van der Waals surface area contributed by atoms with Gasteiger partial charge in [-0.05, 0) is 34.1 Å². The minimum Gasteiger partial charge on any atom is -0.397 e. The lowest BCUT2D eigenvalue weighted by molar-refractivity contribution is 0.0704. The Bertz CT molecular complexity index is 1120. The molecule has 0 aliphatic carbocycles. The van der Waals surface area contributed by atoms with Crippen molar-refractivity contribution >= 4 is 39.4 Å². The fourth-order valence-electron chi connectivity index (χ4n) is 3.22. The third-order valence-corrected chi connectivity index (χ3v) is 4.96. The molecule has 0 spiro atoms. The summed E-state index contributed by atoms with van der Waals surface area (Å²) in [6, 6.07) is 5.65.